The topological polar surface area (TPSA) is 56.7 Å². The molecule has 0 atom stereocenters. The Morgan fingerprint density at radius 2 is 2.11 bits per heavy atom. The smallest absolute Gasteiger partial charge is 0.132 e. The van der Waals surface area contributed by atoms with Crippen LogP contribution in [-0.2, 0) is 6.42 Å². The number of anilines is 1. The van der Waals surface area contributed by atoms with E-state index in [1.807, 2.05) is 12.3 Å². The zero-order valence-electron chi connectivity index (χ0n) is 11.4. The second kappa shape index (κ2) is 4.80. The Balaban J connectivity index is 2.63. The van der Waals surface area contributed by atoms with Gasteiger partial charge in [-0.05, 0) is 32.4 Å². The lowest BCUT2D eigenvalue weighted by Gasteiger charge is -2.12. The van der Waals surface area contributed by atoms with Crippen molar-refractivity contribution in [2.45, 2.75) is 40.2 Å². The van der Waals surface area contributed by atoms with Gasteiger partial charge in [-0.15, -0.1) is 0 Å². The maximum Gasteiger partial charge on any atom is 0.132 e. The summed E-state index contributed by atoms with van der Waals surface area (Å²) in [5.41, 5.74) is 9.27. The maximum atomic E-state index is 6.25. The second-order valence-corrected chi connectivity index (χ2v) is 4.77. The molecule has 0 bridgehead atoms. The third kappa shape index (κ3) is 1.98. The Labute approximate surface area is 108 Å². The molecule has 2 aromatic rings. The van der Waals surface area contributed by atoms with Crippen LogP contribution in [0.15, 0.2) is 18.5 Å². The molecule has 0 saturated carbocycles. The number of nitrogen functional groups attached to an aromatic ring is 1. The highest BCUT2D eigenvalue weighted by atomic mass is 15.2. The third-order valence-electron chi connectivity index (χ3n) is 3.15. The highest BCUT2D eigenvalue weighted by Gasteiger charge is 2.18. The summed E-state index contributed by atoms with van der Waals surface area (Å²) in [6.07, 6.45) is 4.50. The lowest BCUT2D eigenvalue weighted by Crippen LogP contribution is -2.09. The molecule has 96 valence electrons. The van der Waals surface area contributed by atoms with E-state index in [1.54, 1.807) is 6.20 Å². The Morgan fingerprint density at radius 3 is 2.61 bits per heavy atom. The zero-order chi connectivity index (χ0) is 13.3. The van der Waals surface area contributed by atoms with E-state index in [-0.39, 0.29) is 0 Å². The first-order chi connectivity index (χ1) is 8.56. The van der Waals surface area contributed by atoms with Crippen LogP contribution in [0.2, 0.25) is 0 Å². The Kier molecular flexibility index (Phi) is 3.36. The van der Waals surface area contributed by atoms with Crippen molar-refractivity contribution in [2.24, 2.45) is 0 Å². The molecule has 0 aliphatic rings. The van der Waals surface area contributed by atoms with Crippen LogP contribution in [0.5, 0.6) is 0 Å². The molecule has 0 unspecified atom stereocenters. The number of hydrogen-bond acceptors (Lipinski definition) is 3. The van der Waals surface area contributed by atoms with E-state index in [9.17, 15) is 0 Å². The SMILES string of the molecule is CCc1nc(-c2cnccc2C)c(N)n1C(C)C. The number of nitrogens with two attached hydrogens (primary N) is 1. The van der Waals surface area contributed by atoms with E-state index in [4.69, 9.17) is 5.73 Å². The monoisotopic (exact) mass is 244 g/mol. The highest BCUT2D eigenvalue weighted by Crippen LogP contribution is 2.30. The van der Waals surface area contributed by atoms with Crippen molar-refractivity contribution in [1.82, 2.24) is 14.5 Å². The van der Waals surface area contributed by atoms with Gasteiger partial charge in [0.05, 0.1) is 0 Å². The first-order valence-corrected chi connectivity index (χ1v) is 6.33. The molecule has 0 aliphatic heterocycles. The van der Waals surface area contributed by atoms with E-state index in [0.717, 1.165) is 34.9 Å². The molecule has 0 saturated heterocycles. The molecule has 2 N–H and O–H groups in total. The van der Waals surface area contributed by atoms with Gasteiger partial charge in [0.15, 0.2) is 0 Å². The van der Waals surface area contributed by atoms with E-state index in [1.165, 1.54) is 0 Å². The normalized spacial score (nSPS) is 11.2. The second-order valence-electron chi connectivity index (χ2n) is 4.77. The Bertz CT molecular complexity index is 555. The van der Waals surface area contributed by atoms with Crippen molar-refractivity contribution in [1.29, 1.82) is 0 Å². The summed E-state index contributed by atoms with van der Waals surface area (Å²) >= 11 is 0. The van der Waals surface area contributed by atoms with E-state index in [0.29, 0.717) is 6.04 Å². The third-order valence-corrected chi connectivity index (χ3v) is 3.15. The largest absolute Gasteiger partial charge is 0.383 e. The van der Waals surface area contributed by atoms with Gasteiger partial charge in [0.25, 0.3) is 0 Å². The van der Waals surface area contributed by atoms with Crippen LogP contribution in [0, 0.1) is 6.92 Å². The molecular weight excluding hydrogens is 224 g/mol. The Hall–Kier alpha value is -1.84. The van der Waals surface area contributed by atoms with Crippen LogP contribution in [0.3, 0.4) is 0 Å². The first-order valence-electron chi connectivity index (χ1n) is 6.33. The zero-order valence-corrected chi connectivity index (χ0v) is 11.4. The fourth-order valence-corrected chi connectivity index (χ4v) is 2.23. The molecule has 4 heteroatoms. The average Bonchev–Trinajstić information content (AvgIpc) is 2.67. The van der Waals surface area contributed by atoms with Crippen molar-refractivity contribution in [3.63, 3.8) is 0 Å². The summed E-state index contributed by atoms with van der Waals surface area (Å²) in [5.74, 6) is 1.76. The van der Waals surface area contributed by atoms with Crippen molar-refractivity contribution in [3.05, 3.63) is 29.8 Å². The molecular formula is C14H20N4. The molecule has 2 rings (SSSR count). The molecule has 2 aromatic heterocycles. The summed E-state index contributed by atoms with van der Waals surface area (Å²) < 4.78 is 2.10. The molecule has 0 amide bonds. The van der Waals surface area contributed by atoms with Gasteiger partial charge >= 0.3 is 0 Å². The molecule has 2 heterocycles. The predicted octanol–water partition coefficient (Wildman–Crippen LogP) is 2.98. The van der Waals surface area contributed by atoms with E-state index in [2.05, 4.69) is 42.2 Å². The van der Waals surface area contributed by atoms with Gasteiger partial charge < -0.3 is 10.3 Å². The standard InChI is InChI=1S/C14H20N4/c1-5-12-17-13(14(15)18(12)9(2)3)11-8-16-7-6-10(11)4/h6-9H,5,15H2,1-4H3. The van der Waals surface area contributed by atoms with Gasteiger partial charge in [0.2, 0.25) is 0 Å². The van der Waals surface area contributed by atoms with Gasteiger partial charge in [-0.25, -0.2) is 4.98 Å². The van der Waals surface area contributed by atoms with Gasteiger partial charge in [0.1, 0.15) is 17.3 Å². The van der Waals surface area contributed by atoms with Crippen molar-refractivity contribution >= 4 is 5.82 Å². The molecule has 0 spiro atoms. The molecule has 0 radical (unpaired) electrons. The van der Waals surface area contributed by atoms with Gasteiger partial charge in [-0.2, -0.15) is 0 Å². The van der Waals surface area contributed by atoms with Crippen LogP contribution in [0.1, 0.15) is 38.2 Å². The number of imidazole rings is 1. The Morgan fingerprint density at radius 1 is 1.39 bits per heavy atom. The number of rotatable bonds is 3. The molecule has 0 aliphatic carbocycles. The fourth-order valence-electron chi connectivity index (χ4n) is 2.23. The number of hydrogen-bond donors (Lipinski definition) is 1. The van der Waals surface area contributed by atoms with E-state index < -0.39 is 0 Å². The number of nitrogens with zero attached hydrogens (tertiary/aromatic N) is 3. The van der Waals surface area contributed by atoms with Gasteiger partial charge in [-0.1, -0.05) is 6.92 Å². The summed E-state index contributed by atoms with van der Waals surface area (Å²) in [7, 11) is 0. The summed E-state index contributed by atoms with van der Waals surface area (Å²) in [6.45, 7) is 8.39. The first kappa shape index (κ1) is 12.6. The van der Waals surface area contributed by atoms with E-state index >= 15 is 0 Å². The molecule has 4 nitrogen and oxygen atoms in total. The van der Waals surface area contributed by atoms with Crippen molar-refractivity contribution in [2.75, 3.05) is 5.73 Å². The fraction of sp³-hybridized carbons (Fsp3) is 0.429. The lowest BCUT2D eigenvalue weighted by atomic mass is 10.1. The van der Waals surface area contributed by atoms with Crippen LogP contribution < -0.4 is 5.73 Å². The lowest BCUT2D eigenvalue weighted by molar-refractivity contribution is 0.579. The molecule has 18 heavy (non-hydrogen) atoms. The minimum atomic E-state index is 0.318. The van der Waals surface area contributed by atoms with Gasteiger partial charge in [-0.3, -0.25) is 4.98 Å². The summed E-state index contributed by atoms with van der Waals surface area (Å²) in [5, 5.41) is 0. The molecule has 0 aromatic carbocycles. The quantitative estimate of drug-likeness (QED) is 0.903. The van der Waals surface area contributed by atoms with Crippen LogP contribution >= 0.6 is 0 Å². The van der Waals surface area contributed by atoms with Crippen molar-refractivity contribution in [3.8, 4) is 11.3 Å². The molecule has 0 fully saturated rings. The average molecular weight is 244 g/mol. The summed E-state index contributed by atoms with van der Waals surface area (Å²) in [4.78, 5) is 8.85. The summed E-state index contributed by atoms with van der Waals surface area (Å²) in [6, 6.07) is 2.30. The van der Waals surface area contributed by atoms with Crippen LogP contribution in [0.25, 0.3) is 11.3 Å². The van der Waals surface area contributed by atoms with Gasteiger partial charge in [0, 0.05) is 30.4 Å². The number of aromatic nitrogens is 3. The highest BCUT2D eigenvalue weighted by molar-refractivity contribution is 5.73. The predicted molar refractivity (Wildman–Crippen MR) is 74.4 cm³/mol. The number of aryl methyl sites for hydroxylation is 2. The minimum Gasteiger partial charge on any atom is -0.383 e. The minimum absolute atomic E-state index is 0.318. The van der Waals surface area contributed by atoms with Crippen LogP contribution in [-0.4, -0.2) is 14.5 Å². The maximum absolute atomic E-state index is 6.25. The van der Waals surface area contributed by atoms with Crippen molar-refractivity contribution < 1.29 is 0 Å². The number of pyridine rings is 1. The van der Waals surface area contributed by atoms with Crippen LogP contribution in [0.4, 0.5) is 5.82 Å².